The van der Waals surface area contributed by atoms with E-state index in [1.165, 1.54) is 0 Å². The molecular formula is C28H32N6O3. The molecule has 37 heavy (non-hydrogen) atoms. The van der Waals surface area contributed by atoms with Crippen molar-refractivity contribution in [2.45, 2.75) is 26.3 Å². The summed E-state index contributed by atoms with van der Waals surface area (Å²) in [5.74, 6) is 0.890. The van der Waals surface area contributed by atoms with E-state index >= 15 is 0 Å². The molecule has 0 spiro atoms. The van der Waals surface area contributed by atoms with Gasteiger partial charge in [0.25, 0.3) is 5.91 Å². The number of rotatable bonds is 8. The molecule has 1 amide bonds. The van der Waals surface area contributed by atoms with Crippen LogP contribution in [0.2, 0.25) is 0 Å². The molecule has 1 aromatic carbocycles. The number of nitrogens with zero attached hydrogens (tertiary/aromatic N) is 5. The fourth-order valence-electron chi connectivity index (χ4n) is 4.74. The van der Waals surface area contributed by atoms with Crippen LogP contribution in [-0.2, 0) is 4.74 Å². The zero-order valence-electron chi connectivity index (χ0n) is 21.2. The number of hydrogen-bond acceptors (Lipinski definition) is 7. The third kappa shape index (κ3) is 5.33. The average Bonchev–Trinajstić information content (AvgIpc) is 3.33. The fraction of sp³-hybridized carbons (Fsp3) is 0.357. The zero-order valence-corrected chi connectivity index (χ0v) is 21.2. The number of carbonyl (C=O) groups excluding carboxylic acids is 1. The normalized spacial score (nSPS) is 14.8. The zero-order chi connectivity index (χ0) is 25.8. The molecule has 9 nitrogen and oxygen atoms in total. The molecule has 0 aliphatic carbocycles. The largest absolute Gasteiger partial charge is 0.394 e. The second-order valence-electron chi connectivity index (χ2n) is 9.63. The van der Waals surface area contributed by atoms with Gasteiger partial charge >= 0.3 is 0 Å². The Morgan fingerprint density at radius 2 is 1.89 bits per heavy atom. The first kappa shape index (κ1) is 24.9. The van der Waals surface area contributed by atoms with Gasteiger partial charge in [-0.2, -0.15) is 0 Å². The predicted molar refractivity (Wildman–Crippen MR) is 142 cm³/mol. The lowest BCUT2D eigenvalue weighted by molar-refractivity contribution is 0.0903. The van der Waals surface area contributed by atoms with Gasteiger partial charge in [-0.25, -0.2) is 15.0 Å². The Bertz CT molecular complexity index is 1370. The Labute approximate surface area is 216 Å². The maximum Gasteiger partial charge on any atom is 0.270 e. The van der Waals surface area contributed by atoms with Crippen LogP contribution in [0.1, 0.15) is 30.8 Å². The summed E-state index contributed by atoms with van der Waals surface area (Å²) in [5, 5.41) is 12.9. The molecule has 0 saturated carbocycles. The topological polar surface area (TPSA) is 105 Å². The van der Waals surface area contributed by atoms with Gasteiger partial charge in [0.05, 0.1) is 31.6 Å². The van der Waals surface area contributed by atoms with Crippen LogP contribution in [0.25, 0.3) is 28.2 Å². The lowest BCUT2D eigenvalue weighted by Gasteiger charge is -2.27. The van der Waals surface area contributed by atoms with E-state index in [1.807, 2.05) is 59.1 Å². The van der Waals surface area contributed by atoms with Crippen molar-refractivity contribution in [2.24, 2.45) is 5.92 Å². The van der Waals surface area contributed by atoms with E-state index in [0.29, 0.717) is 42.6 Å². The SMILES string of the molecule is CC(C)C[C@@H](CO)NC(=O)c1c(-c2ccccc2)nc2c(-c3cc(N4CCOCC4)ncn3)cccn12. The van der Waals surface area contributed by atoms with Crippen LogP contribution < -0.4 is 10.2 Å². The summed E-state index contributed by atoms with van der Waals surface area (Å²) in [6.07, 6.45) is 4.08. The van der Waals surface area contributed by atoms with Crippen molar-refractivity contribution < 1.29 is 14.6 Å². The fourth-order valence-corrected chi connectivity index (χ4v) is 4.74. The number of nitrogens with one attached hydrogen (secondary N) is 1. The van der Waals surface area contributed by atoms with E-state index in [2.05, 4.69) is 34.0 Å². The number of fused-ring (bicyclic) bond motifs is 1. The lowest BCUT2D eigenvalue weighted by Crippen LogP contribution is -2.39. The number of amides is 1. The molecule has 4 heterocycles. The van der Waals surface area contributed by atoms with Crippen LogP contribution in [0.4, 0.5) is 5.82 Å². The molecular weight excluding hydrogens is 468 g/mol. The molecule has 1 aliphatic heterocycles. The van der Waals surface area contributed by atoms with Crippen molar-refractivity contribution in [3.05, 3.63) is 66.7 Å². The molecule has 0 unspecified atom stereocenters. The summed E-state index contributed by atoms with van der Waals surface area (Å²) in [7, 11) is 0. The molecule has 0 bridgehead atoms. The Kier molecular flexibility index (Phi) is 7.43. The number of morpholine rings is 1. The van der Waals surface area contributed by atoms with Gasteiger partial charge in [0.1, 0.15) is 29.2 Å². The highest BCUT2D eigenvalue weighted by molar-refractivity contribution is 6.00. The summed E-state index contributed by atoms with van der Waals surface area (Å²) >= 11 is 0. The molecule has 9 heteroatoms. The minimum atomic E-state index is -0.345. The molecule has 1 atom stereocenters. The number of aliphatic hydroxyl groups is 1. The molecule has 0 radical (unpaired) electrons. The van der Waals surface area contributed by atoms with Crippen LogP contribution in [0.15, 0.2) is 61.1 Å². The molecule has 5 rings (SSSR count). The first-order valence-electron chi connectivity index (χ1n) is 12.7. The van der Waals surface area contributed by atoms with Crippen LogP contribution in [0.3, 0.4) is 0 Å². The molecule has 3 aromatic heterocycles. The molecule has 1 saturated heterocycles. The third-order valence-corrected chi connectivity index (χ3v) is 6.49. The van der Waals surface area contributed by atoms with Gasteiger partial charge in [0.15, 0.2) is 0 Å². The van der Waals surface area contributed by atoms with E-state index < -0.39 is 0 Å². The number of ether oxygens (including phenoxy) is 1. The van der Waals surface area contributed by atoms with Gasteiger partial charge in [-0.05, 0) is 24.5 Å². The minimum absolute atomic E-state index is 0.127. The third-order valence-electron chi connectivity index (χ3n) is 6.49. The van der Waals surface area contributed by atoms with E-state index in [-0.39, 0.29) is 18.6 Å². The standard InChI is InChI=1S/C28H32N6O3/c1-19(2)15-21(17-35)31-28(36)26-25(20-7-4-3-5-8-20)32-27-22(9-6-10-34(26)27)23-16-24(30-18-29-23)33-11-13-37-14-12-33/h3-10,16,18-19,21,35H,11-15,17H2,1-2H3,(H,31,36)/t21-/m0/s1. The lowest BCUT2D eigenvalue weighted by atomic mass is 10.0. The highest BCUT2D eigenvalue weighted by Crippen LogP contribution is 2.31. The molecule has 1 fully saturated rings. The maximum absolute atomic E-state index is 13.6. The van der Waals surface area contributed by atoms with E-state index in [1.54, 1.807) is 6.33 Å². The molecule has 2 N–H and O–H groups in total. The second-order valence-corrected chi connectivity index (χ2v) is 9.63. The quantitative estimate of drug-likeness (QED) is 0.382. The summed E-state index contributed by atoms with van der Waals surface area (Å²) < 4.78 is 7.29. The van der Waals surface area contributed by atoms with Gasteiger partial charge in [0.2, 0.25) is 0 Å². The smallest absolute Gasteiger partial charge is 0.270 e. The summed E-state index contributed by atoms with van der Waals surface area (Å²) in [6, 6.07) is 15.1. The Morgan fingerprint density at radius 1 is 1.11 bits per heavy atom. The summed E-state index contributed by atoms with van der Waals surface area (Å²) in [5.41, 5.74) is 4.00. The number of imidazole rings is 1. The van der Waals surface area contributed by atoms with Crippen LogP contribution in [0, 0.1) is 5.92 Å². The van der Waals surface area contributed by atoms with Crippen LogP contribution >= 0.6 is 0 Å². The van der Waals surface area contributed by atoms with Crippen LogP contribution in [0.5, 0.6) is 0 Å². The van der Waals surface area contributed by atoms with Crippen molar-refractivity contribution >= 4 is 17.4 Å². The van der Waals surface area contributed by atoms with Gasteiger partial charge < -0.3 is 20.1 Å². The van der Waals surface area contributed by atoms with Crippen molar-refractivity contribution in [1.29, 1.82) is 0 Å². The molecule has 1 aliphatic rings. The van der Waals surface area contributed by atoms with Crippen molar-refractivity contribution in [3.63, 3.8) is 0 Å². The number of carbonyl (C=O) groups is 1. The van der Waals surface area contributed by atoms with E-state index in [4.69, 9.17) is 9.72 Å². The van der Waals surface area contributed by atoms with Gasteiger partial charge in [-0.15, -0.1) is 0 Å². The molecule has 4 aromatic rings. The highest BCUT2D eigenvalue weighted by atomic mass is 16.5. The highest BCUT2D eigenvalue weighted by Gasteiger charge is 2.25. The van der Waals surface area contributed by atoms with Gasteiger partial charge in [-0.1, -0.05) is 44.2 Å². The van der Waals surface area contributed by atoms with E-state index in [0.717, 1.165) is 35.7 Å². The summed E-state index contributed by atoms with van der Waals surface area (Å²) in [6.45, 7) is 6.89. The van der Waals surface area contributed by atoms with Gasteiger partial charge in [0, 0.05) is 36.5 Å². The van der Waals surface area contributed by atoms with Crippen molar-refractivity contribution in [1.82, 2.24) is 24.7 Å². The first-order valence-corrected chi connectivity index (χ1v) is 12.7. The summed E-state index contributed by atoms with van der Waals surface area (Å²) in [4.78, 5) is 29.8. The number of pyridine rings is 1. The minimum Gasteiger partial charge on any atom is -0.394 e. The van der Waals surface area contributed by atoms with E-state index in [9.17, 15) is 9.90 Å². The Balaban J connectivity index is 1.61. The van der Waals surface area contributed by atoms with Gasteiger partial charge in [-0.3, -0.25) is 9.20 Å². The monoisotopic (exact) mass is 500 g/mol. The number of anilines is 1. The average molecular weight is 501 g/mol. The maximum atomic E-state index is 13.6. The molecule has 192 valence electrons. The first-order chi connectivity index (χ1) is 18.0. The second kappa shape index (κ2) is 11.1. The Hall–Kier alpha value is -3.82. The van der Waals surface area contributed by atoms with Crippen molar-refractivity contribution in [2.75, 3.05) is 37.8 Å². The number of hydrogen-bond donors (Lipinski definition) is 2. The number of aromatic nitrogens is 4. The Morgan fingerprint density at radius 3 is 2.62 bits per heavy atom. The van der Waals surface area contributed by atoms with Crippen LogP contribution in [-0.4, -0.2) is 69.3 Å². The number of aliphatic hydroxyl groups excluding tert-OH is 1. The number of benzene rings is 1. The predicted octanol–water partition coefficient (Wildman–Crippen LogP) is 3.43. The van der Waals surface area contributed by atoms with Crippen molar-refractivity contribution in [3.8, 4) is 22.5 Å².